The zero-order valence-corrected chi connectivity index (χ0v) is 13.5. The number of ether oxygens (including phenoxy) is 1. The van der Waals surface area contributed by atoms with Crippen molar-refractivity contribution in [2.75, 3.05) is 13.7 Å². The summed E-state index contributed by atoms with van der Waals surface area (Å²) in [6, 6.07) is 7.81. The Balaban J connectivity index is 1.71. The highest BCUT2D eigenvalue weighted by molar-refractivity contribution is 7.10. The third-order valence-corrected chi connectivity index (χ3v) is 5.17. The molecule has 1 aromatic heterocycles. The number of nitrogens with one attached hydrogen (secondary N) is 1. The van der Waals surface area contributed by atoms with Crippen LogP contribution >= 0.6 is 11.3 Å². The maximum absolute atomic E-state index is 13.7. The molecule has 2 N–H and O–H groups in total. The summed E-state index contributed by atoms with van der Waals surface area (Å²) in [7, 11) is 1.37. The van der Waals surface area contributed by atoms with E-state index in [9.17, 15) is 14.3 Å². The summed E-state index contributed by atoms with van der Waals surface area (Å²) in [5.41, 5.74) is -0.845. The topological polar surface area (TPSA) is 58.6 Å². The van der Waals surface area contributed by atoms with Gasteiger partial charge in [0.05, 0.1) is 13.7 Å². The molecule has 23 heavy (non-hydrogen) atoms. The van der Waals surface area contributed by atoms with Crippen LogP contribution in [-0.2, 0) is 5.60 Å². The van der Waals surface area contributed by atoms with Gasteiger partial charge in [-0.25, -0.2) is 4.39 Å². The number of carbonyl (C=O) groups excluding carboxylic acids is 1. The lowest BCUT2D eigenvalue weighted by Gasteiger charge is -2.27. The first kappa shape index (κ1) is 16.0. The second-order valence-corrected chi connectivity index (χ2v) is 6.66. The fourth-order valence-electron chi connectivity index (χ4n) is 2.64. The number of amides is 1. The summed E-state index contributed by atoms with van der Waals surface area (Å²) < 4.78 is 18.5. The highest BCUT2D eigenvalue weighted by atomic mass is 32.1. The van der Waals surface area contributed by atoms with E-state index < -0.39 is 17.3 Å². The van der Waals surface area contributed by atoms with Crippen LogP contribution in [0.4, 0.5) is 4.39 Å². The minimum absolute atomic E-state index is 0.0922. The first-order valence-electron chi connectivity index (χ1n) is 7.42. The predicted octanol–water partition coefficient (Wildman–Crippen LogP) is 2.92. The Morgan fingerprint density at radius 1 is 1.48 bits per heavy atom. The van der Waals surface area contributed by atoms with E-state index in [0.717, 1.165) is 23.8 Å². The zero-order valence-electron chi connectivity index (χ0n) is 12.7. The standard InChI is InChI=1S/C17H18FNO3S/c1-22-14-7-4-11(9-13(14)18)16(20)19-10-17(21,12-5-6-12)15-3-2-8-23-15/h2-4,7-9,12,21H,5-6,10H2,1H3,(H,19,20)/t17-/m0/s1. The molecule has 0 spiro atoms. The van der Waals surface area contributed by atoms with Gasteiger partial charge in [-0.1, -0.05) is 6.07 Å². The molecule has 0 unspecified atom stereocenters. The summed E-state index contributed by atoms with van der Waals surface area (Å²) in [5, 5.41) is 15.6. The average molecular weight is 335 g/mol. The maximum atomic E-state index is 13.7. The molecule has 1 saturated carbocycles. The van der Waals surface area contributed by atoms with Crippen LogP contribution < -0.4 is 10.1 Å². The van der Waals surface area contributed by atoms with Crippen LogP contribution in [0.2, 0.25) is 0 Å². The van der Waals surface area contributed by atoms with Crippen molar-refractivity contribution in [2.45, 2.75) is 18.4 Å². The third kappa shape index (κ3) is 3.23. The molecular weight excluding hydrogens is 317 g/mol. The van der Waals surface area contributed by atoms with E-state index >= 15 is 0 Å². The van der Waals surface area contributed by atoms with Crippen molar-refractivity contribution in [1.82, 2.24) is 5.32 Å². The van der Waals surface area contributed by atoms with Crippen LogP contribution in [0.5, 0.6) is 5.75 Å². The number of rotatable bonds is 6. The quantitative estimate of drug-likeness (QED) is 0.853. The van der Waals surface area contributed by atoms with Crippen LogP contribution in [0, 0.1) is 11.7 Å². The molecule has 0 radical (unpaired) electrons. The van der Waals surface area contributed by atoms with Gasteiger partial charge >= 0.3 is 0 Å². The smallest absolute Gasteiger partial charge is 0.251 e. The van der Waals surface area contributed by atoms with Gasteiger partial charge in [0.15, 0.2) is 11.6 Å². The number of halogens is 1. The second kappa shape index (κ2) is 6.29. The van der Waals surface area contributed by atoms with Crippen molar-refractivity contribution in [2.24, 2.45) is 5.92 Å². The molecule has 0 bridgehead atoms. The molecule has 1 heterocycles. The van der Waals surface area contributed by atoms with Crippen LogP contribution in [-0.4, -0.2) is 24.7 Å². The number of carbonyl (C=O) groups is 1. The molecule has 4 nitrogen and oxygen atoms in total. The Morgan fingerprint density at radius 2 is 2.26 bits per heavy atom. The van der Waals surface area contributed by atoms with Gasteiger partial charge in [-0.3, -0.25) is 4.79 Å². The molecule has 0 aliphatic heterocycles. The van der Waals surface area contributed by atoms with Gasteiger partial charge in [0.2, 0.25) is 0 Å². The van der Waals surface area contributed by atoms with Crippen molar-refractivity contribution in [3.63, 3.8) is 0 Å². The zero-order chi connectivity index (χ0) is 16.4. The molecule has 122 valence electrons. The van der Waals surface area contributed by atoms with Gasteiger partial charge in [-0.2, -0.15) is 0 Å². The Kier molecular flexibility index (Phi) is 4.37. The van der Waals surface area contributed by atoms with Crippen LogP contribution in [0.25, 0.3) is 0 Å². The molecule has 1 aromatic carbocycles. The van der Waals surface area contributed by atoms with Gasteiger partial charge < -0.3 is 15.2 Å². The molecule has 0 saturated heterocycles. The number of benzene rings is 1. The van der Waals surface area contributed by atoms with Crippen molar-refractivity contribution in [1.29, 1.82) is 0 Å². The lowest BCUT2D eigenvalue weighted by molar-refractivity contribution is 0.0169. The summed E-state index contributed by atoms with van der Waals surface area (Å²) in [6.07, 6.45) is 1.89. The van der Waals surface area contributed by atoms with Crippen molar-refractivity contribution in [3.8, 4) is 5.75 Å². The summed E-state index contributed by atoms with van der Waals surface area (Å²) >= 11 is 1.48. The molecule has 1 fully saturated rings. The van der Waals surface area contributed by atoms with Gasteiger partial charge in [0, 0.05) is 10.4 Å². The Labute approximate surface area is 137 Å². The van der Waals surface area contributed by atoms with Gasteiger partial charge in [0.25, 0.3) is 5.91 Å². The molecule has 6 heteroatoms. The minimum Gasteiger partial charge on any atom is -0.494 e. The first-order chi connectivity index (χ1) is 11.0. The van der Waals surface area contributed by atoms with Gasteiger partial charge in [-0.15, -0.1) is 11.3 Å². The summed E-state index contributed by atoms with van der Waals surface area (Å²) in [5.74, 6) is -0.748. The molecule has 2 aromatic rings. The average Bonchev–Trinajstić information content (AvgIpc) is 3.27. The highest BCUT2D eigenvalue weighted by Crippen LogP contribution is 2.46. The molecular formula is C17H18FNO3S. The van der Waals surface area contributed by atoms with Crippen molar-refractivity contribution in [3.05, 3.63) is 52.0 Å². The normalized spacial score (nSPS) is 16.7. The lowest BCUT2D eigenvalue weighted by atomic mass is 9.95. The van der Waals surface area contributed by atoms with Crippen LogP contribution in [0.15, 0.2) is 35.7 Å². The van der Waals surface area contributed by atoms with Crippen molar-refractivity contribution >= 4 is 17.2 Å². The van der Waals surface area contributed by atoms with E-state index in [0.29, 0.717) is 0 Å². The second-order valence-electron chi connectivity index (χ2n) is 5.71. The molecule has 1 aliphatic rings. The van der Waals surface area contributed by atoms with Gasteiger partial charge in [-0.05, 0) is 48.4 Å². The van der Waals surface area contributed by atoms with E-state index in [-0.39, 0.29) is 23.8 Å². The number of thiophene rings is 1. The van der Waals surface area contributed by atoms with Crippen LogP contribution in [0.1, 0.15) is 28.1 Å². The Bertz CT molecular complexity index is 700. The molecule has 1 aliphatic carbocycles. The summed E-state index contributed by atoms with van der Waals surface area (Å²) in [6.45, 7) is 0.116. The number of aliphatic hydroxyl groups is 1. The van der Waals surface area contributed by atoms with E-state index in [1.54, 1.807) is 0 Å². The monoisotopic (exact) mass is 335 g/mol. The van der Waals surface area contributed by atoms with Crippen molar-refractivity contribution < 1.29 is 19.0 Å². The summed E-state index contributed by atoms with van der Waals surface area (Å²) in [4.78, 5) is 13.1. The number of hydrogen-bond acceptors (Lipinski definition) is 4. The number of hydrogen-bond donors (Lipinski definition) is 2. The number of methoxy groups -OCH3 is 1. The Hall–Kier alpha value is -1.92. The maximum Gasteiger partial charge on any atom is 0.251 e. The first-order valence-corrected chi connectivity index (χ1v) is 8.30. The third-order valence-electron chi connectivity index (χ3n) is 4.13. The molecule has 1 amide bonds. The van der Waals surface area contributed by atoms with E-state index in [1.807, 2.05) is 17.5 Å². The highest BCUT2D eigenvalue weighted by Gasteiger charge is 2.46. The fraction of sp³-hybridized carbons (Fsp3) is 0.353. The van der Waals surface area contributed by atoms with E-state index in [2.05, 4.69) is 5.32 Å². The minimum atomic E-state index is -1.05. The van der Waals surface area contributed by atoms with Crippen LogP contribution in [0.3, 0.4) is 0 Å². The Morgan fingerprint density at radius 3 is 2.83 bits per heavy atom. The SMILES string of the molecule is COc1ccc(C(=O)NC[C@@](O)(c2cccs2)C2CC2)cc1F. The molecule has 3 rings (SSSR count). The largest absolute Gasteiger partial charge is 0.494 e. The molecule has 1 atom stereocenters. The predicted molar refractivity (Wildman–Crippen MR) is 86.2 cm³/mol. The fourth-order valence-corrected chi connectivity index (χ4v) is 3.55. The van der Waals surface area contributed by atoms with Gasteiger partial charge in [0.1, 0.15) is 5.60 Å². The van der Waals surface area contributed by atoms with E-state index in [1.165, 1.54) is 30.6 Å². The van der Waals surface area contributed by atoms with E-state index in [4.69, 9.17) is 4.74 Å². The lowest BCUT2D eigenvalue weighted by Crippen LogP contribution is -2.42.